The van der Waals surface area contributed by atoms with Crippen LogP contribution in [0.3, 0.4) is 0 Å². The normalized spacial score (nSPS) is 16.3. The highest BCUT2D eigenvalue weighted by Crippen LogP contribution is 2.27. The number of esters is 1. The largest absolute Gasteiger partial charge is 0.488 e. The van der Waals surface area contributed by atoms with E-state index < -0.39 is 5.97 Å². The van der Waals surface area contributed by atoms with Crippen molar-refractivity contribution >= 4 is 5.97 Å². The number of carbonyl (C=O) groups is 1. The maximum atomic E-state index is 11.3. The fourth-order valence-electron chi connectivity index (χ4n) is 2.41. The minimum Gasteiger partial charge on any atom is -0.488 e. The van der Waals surface area contributed by atoms with E-state index in [9.17, 15) is 4.79 Å². The third-order valence-corrected chi connectivity index (χ3v) is 3.43. The molecule has 2 aromatic rings. The van der Waals surface area contributed by atoms with Crippen molar-refractivity contribution in [3.8, 4) is 5.75 Å². The Hall–Kier alpha value is -2.27. The zero-order chi connectivity index (χ0) is 14.7. The van der Waals surface area contributed by atoms with Crippen LogP contribution < -0.4 is 10.1 Å². The first-order chi connectivity index (χ1) is 10.3. The highest BCUT2D eigenvalue weighted by Gasteiger charge is 2.21. The summed E-state index contributed by atoms with van der Waals surface area (Å²) in [6.45, 7) is 1.27. The Morgan fingerprint density at radius 2 is 2.19 bits per heavy atom. The van der Waals surface area contributed by atoms with Crippen molar-refractivity contribution in [1.82, 2.24) is 5.32 Å². The zero-order valence-corrected chi connectivity index (χ0v) is 11.8. The molecule has 110 valence electrons. The summed E-state index contributed by atoms with van der Waals surface area (Å²) in [4.78, 5) is 11.3. The Morgan fingerprint density at radius 1 is 1.33 bits per heavy atom. The van der Waals surface area contributed by atoms with Gasteiger partial charge in [-0.1, -0.05) is 18.2 Å². The molecule has 1 N–H and O–H groups in total. The molecule has 2 heterocycles. The number of furan rings is 1. The van der Waals surface area contributed by atoms with Crippen LogP contribution >= 0.6 is 0 Å². The molecule has 5 heteroatoms. The molecule has 1 aliphatic heterocycles. The van der Waals surface area contributed by atoms with E-state index in [0.717, 1.165) is 18.7 Å². The van der Waals surface area contributed by atoms with Crippen molar-refractivity contribution < 1.29 is 18.7 Å². The maximum Gasteiger partial charge on any atom is 0.373 e. The first-order valence-electron chi connectivity index (χ1n) is 6.88. The van der Waals surface area contributed by atoms with E-state index in [4.69, 9.17) is 9.15 Å². The molecule has 1 aromatic carbocycles. The minimum atomic E-state index is -0.462. The number of fused-ring (bicyclic) bond motifs is 1. The lowest BCUT2D eigenvalue weighted by atomic mass is 10.1. The van der Waals surface area contributed by atoms with Crippen molar-refractivity contribution in [3.05, 3.63) is 53.5 Å². The molecule has 1 unspecified atom stereocenters. The molecule has 0 radical (unpaired) electrons. The number of benzene rings is 1. The average Bonchev–Trinajstić information content (AvgIpc) is 3.12. The summed E-state index contributed by atoms with van der Waals surface area (Å²) >= 11 is 0. The van der Waals surface area contributed by atoms with Crippen LogP contribution in [0.5, 0.6) is 5.75 Å². The molecular weight excluding hydrogens is 270 g/mol. The number of carbonyl (C=O) groups excluding carboxylic acids is 1. The number of hydrogen-bond donors (Lipinski definition) is 1. The second kappa shape index (κ2) is 6.01. The van der Waals surface area contributed by atoms with Gasteiger partial charge in [0.2, 0.25) is 5.76 Å². The number of hydrogen-bond acceptors (Lipinski definition) is 5. The predicted octanol–water partition coefficient (Wildman–Crippen LogP) is 2.16. The molecule has 0 fully saturated rings. The summed E-state index contributed by atoms with van der Waals surface area (Å²) in [6.07, 6.45) is 1.05. The smallest absolute Gasteiger partial charge is 0.373 e. The number of methoxy groups -OCH3 is 1. The van der Waals surface area contributed by atoms with Gasteiger partial charge in [-0.25, -0.2) is 4.79 Å². The molecule has 1 aliphatic rings. The van der Waals surface area contributed by atoms with Crippen LogP contribution in [0.15, 0.2) is 40.8 Å². The van der Waals surface area contributed by atoms with Crippen LogP contribution in [0.1, 0.15) is 21.9 Å². The molecule has 3 rings (SSSR count). The van der Waals surface area contributed by atoms with E-state index in [0.29, 0.717) is 12.3 Å². The predicted molar refractivity (Wildman–Crippen MR) is 76.3 cm³/mol. The molecule has 0 aliphatic carbocycles. The topological polar surface area (TPSA) is 60.7 Å². The van der Waals surface area contributed by atoms with Gasteiger partial charge in [-0.15, -0.1) is 0 Å². The van der Waals surface area contributed by atoms with Crippen molar-refractivity contribution in [1.29, 1.82) is 0 Å². The molecule has 0 bridgehead atoms. The monoisotopic (exact) mass is 287 g/mol. The fourth-order valence-corrected chi connectivity index (χ4v) is 2.41. The summed E-state index contributed by atoms with van der Waals surface area (Å²) in [5.41, 5.74) is 1.25. The third kappa shape index (κ3) is 3.08. The van der Waals surface area contributed by atoms with Crippen LogP contribution in [0.25, 0.3) is 0 Å². The first kappa shape index (κ1) is 13.7. The summed E-state index contributed by atoms with van der Waals surface area (Å²) in [5.74, 6) is 1.43. The minimum absolute atomic E-state index is 0.137. The van der Waals surface area contributed by atoms with Gasteiger partial charge >= 0.3 is 5.97 Å². The number of rotatable bonds is 5. The molecule has 5 nitrogen and oxygen atoms in total. The van der Waals surface area contributed by atoms with Crippen molar-refractivity contribution in [3.63, 3.8) is 0 Å². The Labute approximate surface area is 122 Å². The molecule has 21 heavy (non-hydrogen) atoms. The third-order valence-electron chi connectivity index (χ3n) is 3.43. The quantitative estimate of drug-likeness (QED) is 0.854. The Balaban J connectivity index is 1.47. The van der Waals surface area contributed by atoms with Crippen LogP contribution in [0, 0.1) is 0 Å². The van der Waals surface area contributed by atoms with Crippen LogP contribution in [-0.4, -0.2) is 25.7 Å². The van der Waals surface area contributed by atoms with Crippen LogP contribution in [0.2, 0.25) is 0 Å². The van der Waals surface area contributed by atoms with Gasteiger partial charge < -0.3 is 19.2 Å². The molecule has 1 atom stereocenters. The van der Waals surface area contributed by atoms with Gasteiger partial charge in [-0.05, 0) is 23.8 Å². The van der Waals surface area contributed by atoms with E-state index in [1.54, 1.807) is 12.1 Å². The standard InChI is InChI=1S/C16H17NO4/c1-19-16(18)15-7-6-12(20-15)9-17-10-13-8-11-4-2-3-5-14(11)21-13/h2-7,13,17H,8-10H2,1H3. The lowest BCUT2D eigenvalue weighted by molar-refractivity contribution is 0.0562. The van der Waals surface area contributed by atoms with E-state index in [2.05, 4.69) is 16.1 Å². The highest BCUT2D eigenvalue weighted by molar-refractivity contribution is 5.86. The maximum absolute atomic E-state index is 11.3. The highest BCUT2D eigenvalue weighted by atomic mass is 16.5. The average molecular weight is 287 g/mol. The second-order valence-corrected chi connectivity index (χ2v) is 4.94. The number of ether oxygens (including phenoxy) is 2. The lowest BCUT2D eigenvalue weighted by Crippen LogP contribution is -2.29. The van der Waals surface area contributed by atoms with Gasteiger partial charge in [-0.2, -0.15) is 0 Å². The molecule has 0 saturated carbocycles. The van der Waals surface area contributed by atoms with Crippen molar-refractivity contribution in [2.75, 3.05) is 13.7 Å². The molecule has 1 aromatic heterocycles. The Bertz CT molecular complexity index is 610. The summed E-state index contributed by atoms with van der Waals surface area (Å²) in [6, 6.07) is 11.5. The zero-order valence-electron chi connectivity index (χ0n) is 11.8. The number of para-hydroxylation sites is 1. The van der Waals surface area contributed by atoms with Gasteiger partial charge in [0.05, 0.1) is 13.7 Å². The molecule has 0 saturated heterocycles. The van der Waals surface area contributed by atoms with Crippen molar-refractivity contribution in [2.45, 2.75) is 19.1 Å². The van der Waals surface area contributed by atoms with Gasteiger partial charge in [0, 0.05) is 13.0 Å². The molecule has 0 amide bonds. The second-order valence-electron chi connectivity index (χ2n) is 4.94. The lowest BCUT2D eigenvalue weighted by Gasteiger charge is -2.10. The molecular formula is C16H17NO4. The Morgan fingerprint density at radius 3 is 3.00 bits per heavy atom. The van der Waals surface area contributed by atoms with Crippen LogP contribution in [-0.2, 0) is 17.7 Å². The van der Waals surface area contributed by atoms with Gasteiger partial charge in [0.1, 0.15) is 17.6 Å². The van der Waals surface area contributed by atoms with Gasteiger partial charge in [0.15, 0.2) is 0 Å². The molecule has 0 spiro atoms. The van der Waals surface area contributed by atoms with Crippen molar-refractivity contribution in [2.24, 2.45) is 0 Å². The summed E-state index contributed by atoms with van der Waals surface area (Å²) in [5, 5.41) is 3.28. The van der Waals surface area contributed by atoms with Gasteiger partial charge in [0.25, 0.3) is 0 Å². The number of nitrogens with one attached hydrogen (secondary N) is 1. The van der Waals surface area contributed by atoms with Gasteiger partial charge in [-0.3, -0.25) is 0 Å². The first-order valence-corrected chi connectivity index (χ1v) is 6.88. The van der Waals surface area contributed by atoms with Crippen LogP contribution in [0.4, 0.5) is 0 Å². The van der Waals surface area contributed by atoms with E-state index in [1.807, 2.05) is 18.2 Å². The van der Waals surface area contributed by atoms with E-state index in [-0.39, 0.29) is 11.9 Å². The summed E-state index contributed by atoms with van der Waals surface area (Å²) < 4.78 is 15.8. The van der Waals surface area contributed by atoms with E-state index in [1.165, 1.54) is 12.7 Å². The SMILES string of the molecule is COC(=O)c1ccc(CNCC2Cc3ccccc3O2)o1. The fraction of sp³-hybridized carbons (Fsp3) is 0.312. The summed E-state index contributed by atoms with van der Waals surface area (Å²) in [7, 11) is 1.33. The van der Waals surface area contributed by atoms with E-state index >= 15 is 0 Å². The Kier molecular flexibility index (Phi) is 3.92.